The van der Waals surface area contributed by atoms with E-state index in [1.807, 2.05) is 13.0 Å². The average Bonchev–Trinajstić information content (AvgIpc) is 2.55. The lowest BCUT2D eigenvalue weighted by molar-refractivity contribution is -0.0250. The van der Waals surface area contributed by atoms with Gasteiger partial charge in [0, 0.05) is 18.9 Å². The van der Waals surface area contributed by atoms with Crippen LogP contribution in [0, 0.1) is 6.92 Å². The standard InChI is InChI=1S/C14H15N5O2/c1-10-15-6-4-11(17-10)13-9-19(7-8-21-13)14(20)12-3-2-5-16-18-12/h2-6,13H,7-9H2,1H3/t13-/m0/s1. The van der Waals surface area contributed by atoms with Gasteiger partial charge in [0.1, 0.15) is 11.9 Å². The minimum Gasteiger partial charge on any atom is -0.368 e. The zero-order valence-corrected chi connectivity index (χ0v) is 11.6. The van der Waals surface area contributed by atoms with E-state index in [1.165, 1.54) is 0 Å². The van der Waals surface area contributed by atoms with E-state index in [0.29, 0.717) is 31.2 Å². The third-order valence-corrected chi connectivity index (χ3v) is 3.27. The Morgan fingerprint density at radius 2 is 2.29 bits per heavy atom. The zero-order chi connectivity index (χ0) is 14.7. The summed E-state index contributed by atoms with van der Waals surface area (Å²) in [6.07, 6.45) is 3.01. The van der Waals surface area contributed by atoms with E-state index < -0.39 is 0 Å². The number of carbonyl (C=O) groups is 1. The number of morpholine rings is 1. The minimum absolute atomic E-state index is 0.137. The summed E-state index contributed by atoms with van der Waals surface area (Å²) in [4.78, 5) is 22.5. The number of aromatic nitrogens is 4. The Morgan fingerprint density at radius 3 is 3.05 bits per heavy atom. The normalized spacial score (nSPS) is 18.5. The summed E-state index contributed by atoms with van der Waals surface area (Å²) in [5, 5.41) is 7.60. The van der Waals surface area contributed by atoms with Crippen LogP contribution in [0.25, 0.3) is 0 Å². The summed E-state index contributed by atoms with van der Waals surface area (Å²) < 4.78 is 5.72. The largest absolute Gasteiger partial charge is 0.368 e. The van der Waals surface area contributed by atoms with Gasteiger partial charge >= 0.3 is 0 Å². The zero-order valence-electron chi connectivity index (χ0n) is 11.6. The molecule has 3 rings (SSSR count). The monoisotopic (exact) mass is 285 g/mol. The molecule has 1 aliphatic heterocycles. The van der Waals surface area contributed by atoms with E-state index in [0.717, 1.165) is 5.69 Å². The average molecular weight is 285 g/mol. The molecule has 2 aromatic rings. The molecule has 108 valence electrons. The second kappa shape index (κ2) is 5.92. The van der Waals surface area contributed by atoms with Gasteiger partial charge in [-0.1, -0.05) is 0 Å². The van der Waals surface area contributed by atoms with Gasteiger partial charge in [0.15, 0.2) is 5.69 Å². The molecule has 0 aromatic carbocycles. The molecule has 0 N–H and O–H groups in total. The first-order valence-corrected chi connectivity index (χ1v) is 6.72. The van der Waals surface area contributed by atoms with Crippen molar-refractivity contribution >= 4 is 5.91 Å². The highest BCUT2D eigenvalue weighted by molar-refractivity contribution is 5.92. The molecule has 7 nitrogen and oxygen atoms in total. The first kappa shape index (κ1) is 13.6. The van der Waals surface area contributed by atoms with Crippen molar-refractivity contribution in [1.82, 2.24) is 25.1 Å². The number of carbonyl (C=O) groups excluding carboxylic acids is 1. The summed E-state index contributed by atoms with van der Waals surface area (Å²) in [6, 6.07) is 5.18. The van der Waals surface area contributed by atoms with Crippen molar-refractivity contribution in [3.05, 3.63) is 47.8 Å². The van der Waals surface area contributed by atoms with Crippen LogP contribution in [-0.4, -0.2) is 50.7 Å². The van der Waals surface area contributed by atoms with Crippen molar-refractivity contribution in [2.24, 2.45) is 0 Å². The highest BCUT2D eigenvalue weighted by atomic mass is 16.5. The number of rotatable bonds is 2. The highest BCUT2D eigenvalue weighted by Crippen LogP contribution is 2.21. The summed E-state index contributed by atoms with van der Waals surface area (Å²) in [5.74, 6) is 0.552. The Morgan fingerprint density at radius 1 is 1.38 bits per heavy atom. The molecule has 1 atom stereocenters. The van der Waals surface area contributed by atoms with Crippen LogP contribution in [0.3, 0.4) is 0 Å². The van der Waals surface area contributed by atoms with Crippen LogP contribution in [0.5, 0.6) is 0 Å². The predicted molar refractivity (Wildman–Crippen MR) is 73.4 cm³/mol. The maximum atomic E-state index is 12.4. The fourth-order valence-electron chi connectivity index (χ4n) is 2.24. The topological polar surface area (TPSA) is 81.1 Å². The SMILES string of the molecule is Cc1nccc([C@@H]2CN(C(=O)c3cccnn3)CCO2)n1. The lowest BCUT2D eigenvalue weighted by atomic mass is 10.2. The fourth-order valence-corrected chi connectivity index (χ4v) is 2.24. The van der Waals surface area contributed by atoms with Crippen LogP contribution in [-0.2, 0) is 4.74 Å². The van der Waals surface area contributed by atoms with Crippen LogP contribution in [0.15, 0.2) is 30.6 Å². The summed E-state index contributed by atoms with van der Waals surface area (Å²) in [7, 11) is 0. The van der Waals surface area contributed by atoms with Crippen LogP contribution >= 0.6 is 0 Å². The Balaban J connectivity index is 1.75. The van der Waals surface area contributed by atoms with Gasteiger partial charge in [-0.2, -0.15) is 5.10 Å². The quantitative estimate of drug-likeness (QED) is 0.811. The molecular formula is C14H15N5O2. The van der Waals surface area contributed by atoms with Crippen molar-refractivity contribution in [1.29, 1.82) is 0 Å². The van der Waals surface area contributed by atoms with Crippen molar-refractivity contribution < 1.29 is 9.53 Å². The van der Waals surface area contributed by atoms with E-state index in [4.69, 9.17) is 4.74 Å². The van der Waals surface area contributed by atoms with Gasteiger partial charge < -0.3 is 9.64 Å². The molecule has 0 aliphatic carbocycles. The summed E-state index contributed by atoms with van der Waals surface area (Å²) in [5.41, 5.74) is 1.14. The van der Waals surface area contributed by atoms with Crippen molar-refractivity contribution in [3.8, 4) is 0 Å². The molecule has 0 bridgehead atoms. The Labute approximate surface area is 122 Å². The van der Waals surface area contributed by atoms with E-state index in [-0.39, 0.29) is 12.0 Å². The number of aryl methyl sites for hydroxylation is 1. The maximum absolute atomic E-state index is 12.4. The van der Waals surface area contributed by atoms with Crippen LogP contribution < -0.4 is 0 Å². The number of nitrogens with zero attached hydrogens (tertiary/aromatic N) is 5. The van der Waals surface area contributed by atoms with Gasteiger partial charge in [0.2, 0.25) is 0 Å². The molecule has 3 heterocycles. The van der Waals surface area contributed by atoms with Crippen LogP contribution in [0.1, 0.15) is 28.1 Å². The molecular weight excluding hydrogens is 270 g/mol. The van der Waals surface area contributed by atoms with Gasteiger partial charge in [-0.3, -0.25) is 4.79 Å². The van der Waals surface area contributed by atoms with E-state index >= 15 is 0 Å². The molecule has 1 fully saturated rings. The van der Waals surface area contributed by atoms with Gasteiger partial charge in [0.25, 0.3) is 5.91 Å². The maximum Gasteiger partial charge on any atom is 0.274 e. The molecule has 1 aliphatic rings. The van der Waals surface area contributed by atoms with E-state index in [9.17, 15) is 4.79 Å². The van der Waals surface area contributed by atoms with Crippen molar-refractivity contribution in [2.75, 3.05) is 19.7 Å². The van der Waals surface area contributed by atoms with Crippen LogP contribution in [0.2, 0.25) is 0 Å². The highest BCUT2D eigenvalue weighted by Gasteiger charge is 2.27. The molecule has 1 amide bonds. The van der Waals surface area contributed by atoms with E-state index in [2.05, 4.69) is 20.2 Å². The van der Waals surface area contributed by atoms with Gasteiger partial charge in [-0.05, 0) is 25.1 Å². The summed E-state index contributed by atoms with van der Waals surface area (Å²) in [6.45, 7) is 3.29. The fraction of sp³-hybridized carbons (Fsp3) is 0.357. The molecule has 21 heavy (non-hydrogen) atoms. The second-order valence-corrected chi connectivity index (χ2v) is 4.75. The minimum atomic E-state index is -0.235. The molecule has 0 unspecified atom stereocenters. The molecule has 0 spiro atoms. The Hall–Kier alpha value is -2.41. The number of ether oxygens (including phenoxy) is 1. The number of hydrogen-bond donors (Lipinski definition) is 0. The Kier molecular flexibility index (Phi) is 3.83. The van der Waals surface area contributed by atoms with Gasteiger partial charge in [-0.15, -0.1) is 5.10 Å². The smallest absolute Gasteiger partial charge is 0.274 e. The lowest BCUT2D eigenvalue weighted by Gasteiger charge is -2.32. The molecule has 0 radical (unpaired) electrons. The van der Waals surface area contributed by atoms with E-state index in [1.54, 1.807) is 29.4 Å². The van der Waals surface area contributed by atoms with Crippen molar-refractivity contribution in [2.45, 2.75) is 13.0 Å². The summed E-state index contributed by atoms with van der Waals surface area (Å²) >= 11 is 0. The third kappa shape index (κ3) is 3.03. The Bertz CT molecular complexity index is 634. The molecule has 1 saturated heterocycles. The van der Waals surface area contributed by atoms with Gasteiger partial charge in [-0.25, -0.2) is 9.97 Å². The first-order valence-electron chi connectivity index (χ1n) is 6.72. The number of hydrogen-bond acceptors (Lipinski definition) is 6. The third-order valence-electron chi connectivity index (χ3n) is 3.27. The first-order chi connectivity index (χ1) is 10.2. The molecule has 2 aromatic heterocycles. The van der Waals surface area contributed by atoms with Crippen LogP contribution in [0.4, 0.5) is 0 Å². The number of amides is 1. The molecule has 0 saturated carbocycles. The van der Waals surface area contributed by atoms with Gasteiger partial charge in [0.05, 0.1) is 18.8 Å². The molecule has 7 heteroatoms. The van der Waals surface area contributed by atoms with Crippen molar-refractivity contribution in [3.63, 3.8) is 0 Å². The lowest BCUT2D eigenvalue weighted by Crippen LogP contribution is -2.42. The second-order valence-electron chi connectivity index (χ2n) is 4.75. The predicted octanol–water partition coefficient (Wildman–Crippen LogP) is 0.789.